The minimum Gasteiger partial charge on any atom is -0.462 e. The van der Waals surface area contributed by atoms with Crippen molar-refractivity contribution < 1.29 is 37.9 Å². The number of carbonyl (C=O) groups excluding carboxylic acids is 2. The predicted octanol–water partition coefficient (Wildman–Crippen LogP) is 5.10. The van der Waals surface area contributed by atoms with Gasteiger partial charge < -0.3 is 19.3 Å². The largest absolute Gasteiger partial charge is 0.469 e. The number of carbonyl (C=O) groups is 2. The third-order valence-corrected chi connectivity index (χ3v) is 4.37. The molecule has 0 aliphatic rings. The number of phosphoric ester groups is 1. The average molecular weight is 485 g/mol. The molecule has 0 bridgehead atoms. The summed E-state index contributed by atoms with van der Waals surface area (Å²) in [7, 11) is -4.73. The van der Waals surface area contributed by atoms with Crippen LogP contribution in [-0.2, 0) is 28.2 Å². The summed E-state index contributed by atoms with van der Waals surface area (Å²) in [4.78, 5) is 40.8. The quantitative estimate of drug-likeness (QED) is 0.157. The summed E-state index contributed by atoms with van der Waals surface area (Å²) in [6, 6.07) is 0. The lowest BCUT2D eigenvalue weighted by Crippen LogP contribution is -2.29. The van der Waals surface area contributed by atoms with E-state index in [4.69, 9.17) is 19.3 Å². The van der Waals surface area contributed by atoms with Gasteiger partial charge in [-0.15, -0.1) is 0 Å². The van der Waals surface area contributed by atoms with Gasteiger partial charge in [-0.1, -0.05) is 74.6 Å². The fourth-order valence-corrected chi connectivity index (χ4v) is 2.61. The highest BCUT2D eigenvalue weighted by Crippen LogP contribution is 2.35. The Morgan fingerprint density at radius 2 is 1.24 bits per heavy atom. The highest BCUT2D eigenvalue weighted by molar-refractivity contribution is 7.46. The van der Waals surface area contributed by atoms with Crippen molar-refractivity contribution in [3.63, 3.8) is 0 Å². The lowest BCUT2D eigenvalue weighted by molar-refractivity contribution is -0.160. The van der Waals surface area contributed by atoms with Gasteiger partial charge in [-0.2, -0.15) is 0 Å². The molecule has 186 valence electrons. The van der Waals surface area contributed by atoms with Gasteiger partial charge >= 0.3 is 19.8 Å². The fraction of sp³-hybridized carbons (Fsp3) is 0.500. The minimum atomic E-state index is -4.73. The predicted molar refractivity (Wildman–Crippen MR) is 128 cm³/mol. The Balaban J connectivity index is 4.16. The highest BCUT2D eigenvalue weighted by Gasteiger charge is 2.22. The van der Waals surface area contributed by atoms with Crippen LogP contribution >= 0.6 is 7.82 Å². The summed E-state index contributed by atoms with van der Waals surface area (Å²) in [6.45, 7) is 2.78. The van der Waals surface area contributed by atoms with Crippen molar-refractivity contribution in [3.8, 4) is 0 Å². The van der Waals surface area contributed by atoms with E-state index in [0.717, 1.165) is 25.7 Å². The molecule has 0 saturated heterocycles. The van der Waals surface area contributed by atoms with Crippen LogP contribution in [0.2, 0.25) is 0 Å². The molecule has 9 heteroatoms. The van der Waals surface area contributed by atoms with Crippen LogP contribution in [0.5, 0.6) is 0 Å². The van der Waals surface area contributed by atoms with E-state index in [1.807, 2.05) is 18.2 Å². The van der Waals surface area contributed by atoms with Gasteiger partial charge in [-0.25, -0.2) is 4.57 Å². The third kappa shape index (κ3) is 22.7. The molecule has 0 heterocycles. The van der Waals surface area contributed by atoms with E-state index >= 15 is 0 Å². The number of allylic oxidation sites excluding steroid dienone is 9. The Hall–Kier alpha value is -2.25. The number of ether oxygens (including phenoxy) is 2. The standard InChI is InChI=1S/C24H37O8P/c1-3-5-6-7-8-9-10-11-12-13-14-15-16-17-18-19-24(26)32-22(20-30-23(25)4-2)21-31-33(27,28)29/h5-6,8-9,11-12,14-15,17-18,22H,3-4,7,10,13,16,19-21H2,1-2H3,(H2,27,28,29)/b6-5-,9-8-,12-11-,15-14-,18-17-. The molecule has 0 aromatic rings. The van der Waals surface area contributed by atoms with Gasteiger partial charge in [0.25, 0.3) is 0 Å². The number of phosphoric acid groups is 1. The van der Waals surface area contributed by atoms with E-state index in [1.165, 1.54) is 0 Å². The van der Waals surface area contributed by atoms with Crippen LogP contribution in [0.3, 0.4) is 0 Å². The maximum absolute atomic E-state index is 11.9. The Morgan fingerprint density at radius 1 is 0.758 bits per heavy atom. The summed E-state index contributed by atoms with van der Waals surface area (Å²) in [5, 5.41) is 0. The smallest absolute Gasteiger partial charge is 0.462 e. The van der Waals surface area contributed by atoms with Crippen molar-refractivity contribution in [2.24, 2.45) is 0 Å². The molecule has 1 atom stereocenters. The molecule has 0 aliphatic heterocycles. The van der Waals surface area contributed by atoms with Gasteiger partial charge in [0.15, 0.2) is 6.10 Å². The second-order valence-corrected chi connectivity index (χ2v) is 8.09. The van der Waals surface area contributed by atoms with Crippen LogP contribution in [0, 0.1) is 0 Å². The summed E-state index contributed by atoms with van der Waals surface area (Å²) >= 11 is 0. The van der Waals surface area contributed by atoms with E-state index in [9.17, 15) is 14.2 Å². The first-order valence-electron chi connectivity index (χ1n) is 11.1. The van der Waals surface area contributed by atoms with Gasteiger partial charge in [0.1, 0.15) is 6.61 Å². The minimum absolute atomic E-state index is 0.0261. The normalized spacial score (nSPS) is 13.7. The number of esters is 2. The van der Waals surface area contributed by atoms with E-state index in [2.05, 4.69) is 47.9 Å². The van der Waals surface area contributed by atoms with Crippen molar-refractivity contribution in [3.05, 3.63) is 60.8 Å². The average Bonchev–Trinajstić information content (AvgIpc) is 2.77. The van der Waals surface area contributed by atoms with Crippen LogP contribution in [0.4, 0.5) is 0 Å². The second-order valence-electron chi connectivity index (χ2n) is 6.85. The van der Waals surface area contributed by atoms with Crippen LogP contribution in [0.25, 0.3) is 0 Å². The molecule has 33 heavy (non-hydrogen) atoms. The molecule has 0 amide bonds. The Morgan fingerprint density at radius 3 is 1.70 bits per heavy atom. The van der Waals surface area contributed by atoms with Crippen molar-refractivity contribution in [2.45, 2.75) is 64.9 Å². The first-order chi connectivity index (χ1) is 15.8. The Labute approximate surface area is 196 Å². The van der Waals surface area contributed by atoms with Crippen LogP contribution in [-0.4, -0.2) is 41.0 Å². The highest BCUT2D eigenvalue weighted by atomic mass is 31.2. The van der Waals surface area contributed by atoms with E-state index in [1.54, 1.807) is 13.0 Å². The summed E-state index contributed by atoms with van der Waals surface area (Å²) in [5.41, 5.74) is 0. The lowest BCUT2D eigenvalue weighted by Gasteiger charge is -2.17. The maximum atomic E-state index is 11.9. The third-order valence-electron chi connectivity index (χ3n) is 3.89. The molecular weight excluding hydrogens is 447 g/mol. The van der Waals surface area contributed by atoms with Crippen molar-refractivity contribution >= 4 is 19.8 Å². The zero-order chi connectivity index (χ0) is 24.8. The SMILES string of the molecule is CC/C=C\C/C=C\C/C=C\C/C=C\C/C=C\CC(=O)OC(COC(=O)CC)COP(=O)(O)O. The van der Waals surface area contributed by atoms with Crippen LogP contribution < -0.4 is 0 Å². The van der Waals surface area contributed by atoms with Gasteiger partial charge in [0.2, 0.25) is 0 Å². The molecular formula is C24H37O8P. The molecule has 0 fully saturated rings. The molecule has 2 N–H and O–H groups in total. The monoisotopic (exact) mass is 484 g/mol. The molecule has 0 saturated carbocycles. The maximum Gasteiger partial charge on any atom is 0.469 e. The molecule has 0 aromatic carbocycles. The number of hydrogen-bond acceptors (Lipinski definition) is 6. The van der Waals surface area contributed by atoms with Crippen molar-refractivity contribution in [1.29, 1.82) is 0 Å². The first-order valence-corrected chi connectivity index (χ1v) is 12.6. The topological polar surface area (TPSA) is 119 Å². The molecule has 0 aliphatic carbocycles. The van der Waals surface area contributed by atoms with Gasteiger partial charge in [-0.05, 0) is 32.1 Å². The molecule has 0 radical (unpaired) electrons. The van der Waals surface area contributed by atoms with Crippen molar-refractivity contribution in [2.75, 3.05) is 13.2 Å². The summed E-state index contributed by atoms with van der Waals surface area (Å²) < 4.78 is 25.1. The van der Waals surface area contributed by atoms with Crippen LogP contribution in [0.15, 0.2) is 60.8 Å². The van der Waals surface area contributed by atoms with Gasteiger partial charge in [-0.3, -0.25) is 14.1 Å². The van der Waals surface area contributed by atoms with Crippen LogP contribution in [0.1, 0.15) is 58.8 Å². The number of rotatable bonds is 18. The molecule has 8 nitrogen and oxygen atoms in total. The van der Waals surface area contributed by atoms with E-state index in [-0.39, 0.29) is 19.4 Å². The summed E-state index contributed by atoms with van der Waals surface area (Å²) in [5.74, 6) is -1.15. The number of hydrogen-bond donors (Lipinski definition) is 2. The van der Waals surface area contributed by atoms with E-state index < -0.39 is 32.5 Å². The van der Waals surface area contributed by atoms with E-state index in [0.29, 0.717) is 6.42 Å². The molecule has 0 rings (SSSR count). The molecule has 0 spiro atoms. The van der Waals surface area contributed by atoms with Crippen molar-refractivity contribution in [1.82, 2.24) is 0 Å². The lowest BCUT2D eigenvalue weighted by atomic mass is 10.2. The van der Waals surface area contributed by atoms with Gasteiger partial charge in [0.05, 0.1) is 13.0 Å². The first kappa shape index (κ1) is 30.8. The zero-order valence-corrected chi connectivity index (χ0v) is 20.4. The Bertz CT molecular complexity index is 731. The Kier molecular flexibility index (Phi) is 19.0. The second kappa shape index (κ2) is 20.4. The summed E-state index contributed by atoms with van der Waals surface area (Å²) in [6.07, 6.45) is 23.7. The molecule has 0 aromatic heterocycles. The zero-order valence-electron chi connectivity index (χ0n) is 19.5. The molecule has 1 unspecified atom stereocenters. The fourth-order valence-electron chi connectivity index (χ4n) is 2.25. The van der Waals surface area contributed by atoms with Gasteiger partial charge in [0, 0.05) is 6.42 Å².